The van der Waals surface area contributed by atoms with E-state index >= 15 is 0 Å². The first-order valence-electron chi connectivity index (χ1n) is 5.78. The number of methoxy groups -OCH3 is 1. The normalized spacial score (nSPS) is 10.9. The zero-order valence-corrected chi connectivity index (χ0v) is 10.7. The van der Waals surface area contributed by atoms with E-state index in [1.165, 1.54) is 13.2 Å². The van der Waals surface area contributed by atoms with Crippen molar-refractivity contribution in [1.29, 1.82) is 0 Å². The summed E-state index contributed by atoms with van der Waals surface area (Å²) < 4.78 is 43.2. The molecule has 0 saturated heterocycles. The molecular weight excluding hydrogens is 265 g/mol. The van der Waals surface area contributed by atoms with E-state index in [4.69, 9.17) is 11.2 Å². The fourth-order valence-electron chi connectivity index (χ4n) is 1.88. The highest BCUT2D eigenvalue weighted by molar-refractivity contribution is 5.72. The van der Waals surface area contributed by atoms with Gasteiger partial charge in [-0.15, -0.1) is 6.42 Å². The Hall–Kier alpha value is -2.41. The van der Waals surface area contributed by atoms with Gasteiger partial charge in [-0.1, -0.05) is 18.1 Å². The average molecular weight is 276 g/mol. The van der Waals surface area contributed by atoms with Crippen LogP contribution in [0.3, 0.4) is 0 Å². The van der Waals surface area contributed by atoms with E-state index < -0.39 is 11.7 Å². The highest BCUT2D eigenvalue weighted by atomic mass is 19.4. The van der Waals surface area contributed by atoms with Crippen LogP contribution in [0, 0.1) is 12.3 Å². The number of hydrogen-bond donors (Lipinski definition) is 0. The van der Waals surface area contributed by atoms with Crippen molar-refractivity contribution in [3.05, 3.63) is 53.6 Å². The van der Waals surface area contributed by atoms with Crippen molar-refractivity contribution in [3.63, 3.8) is 0 Å². The van der Waals surface area contributed by atoms with Gasteiger partial charge >= 0.3 is 6.18 Å². The third-order valence-electron chi connectivity index (χ3n) is 2.88. The van der Waals surface area contributed by atoms with E-state index in [1.54, 1.807) is 24.3 Å². The topological polar surface area (TPSA) is 9.23 Å². The Labute approximate surface area is 115 Å². The van der Waals surface area contributed by atoms with Crippen LogP contribution in [0.1, 0.15) is 11.1 Å². The summed E-state index contributed by atoms with van der Waals surface area (Å²) >= 11 is 0. The summed E-state index contributed by atoms with van der Waals surface area (Å²) in [5, 5.41) is 0. The smallest absolute Gasteiger partial charge is 0.416 e. The predicted octanol–water partition coefficient (Wildman–Crippen LogP) is 4.36. The molecular formula is C16H11F3O. The van der Waals surface area contributed by atoms with Gasteiger partial charge in [-0.2, -0.15) is 13.2 Å². The van der Waals surface area contributed by atoms with Crippen LogP contribution < -0.4 is 4.74 Å². The van der Waals surface area contributed by atoms with E-state index in [2.05, 4.69) is 5.92 Å². The molecule has 0 atom stereocenters. The van der Waals surface area contributed by atoms with Crippen molar-refractivity contribution in [2.45, 2.75) is 6.18 Å². The molecule has 2 rings (SSSR count). The van der Waals surface area contributed by atoms with Crippen molar-refractivity contribution >= 4 is 0 Å². The molecule has 0 spiro atoms. The minimum atomic E-state index is -4.38. The summed E-state index contributed by atoms with van der Waals surface area (Å²) in [5.74, 6) is 3.03. The van der Waals surface area contributed by atoms with Crippen molar-refractivity contribution in [3.8, 4) is 29.2 Å². The third-order valence-corrected chi connectivity index (χ3v) is 2.88. The molecule has 0 N–H and O–H groups in total. The van der Waals surface area contributed by atoms with E-state index in [0.29, 0.717) is 22.4 Å². The number of ether oxygens (including phenoxy) is 1. The molecule has 102 valence electrons. The van der Waals surface area contributed by atoms with Gasteiger partial charge in [-0.25, -0.2) is 0 Å². The van der Waals surface area contributed by atoms with E-state index in [0.717, 1.165) is 12.1 Å². The second-order valence-electron chi connectivity index (χ2n) is 4.13. The van der Waals surface area contributed by atoms with Gasteiger partial charge in [0.25, 0.3) is 0 Å². The van der Waals surface area contributed by atoms with Crippen molar-refractivity contribution < 1.29 is 17.9 Å². The molecule has 0 heterocycles. The molecule has 0 aliphatic rings. The van der Waals surface area contributed by atoms with Crippen molar-refractivity contribution in [2.24, 2.45) is 0 Å². The second kappa shape index (κ2) is 5.30. The van der Waals surface area contributed by atoms with Crippen LogP contribution in [0.4, 0.5) is 13.2 Å². The van der Waals surface area contributed by atoms with Gasteiger partial charge < -0.3 is 4.74 Å². The lowest BCUT2D eigenvalue weighted by molar-refractivity contribution is -0.137. The van der Waals surface area contributed by atoms with Gasteiger partial charge in [0.2, 0.25) is 0 Å². The number of hydrogen-bond acceptors (Lipinski definition) is 1. The lowest BCUT2D eigenvalue weighted by atomic mass is 9.98. The number of benzene rings is 2. The SMILES string of the molecule is C#Cc1cc(OC)ccc1-c1cccc(C(F)(F)F)c1. The Morgan fingerprint density at radius 3 is 2.45 bits per heavy atom. The van der Waals surface area contributed by atoms with Gasteiger partial charge in [-0.05, 0) is 41.5 Å². The summed E-state index contributed by atoms with van der Waals surface area (Å²) in [4.78, 5) is 0. The Balaban J connectivity index is 2.55. The van der Waals surface area contributed by atoms with Crippen molar-refractivity contribution in [1.82, 2.24) is 0 Å². The van der Waals surface area contributed by atoms with Crippen LogP contribution in [0.2, 0.25) is 0 Å². The first kappa shape index (κ1) is 14.0. The molecule has 1 nitrogen and oxygen atoms in total. The lowest BCUT2D eigenvalue weighted by Gasteiger charge is -2.11. The Morgan fingerprint density at radius 2 is 1.85 bits per heavy atom. The predicted molar refractivity (Wildman–Crippen MR) is 71.4 cm³/mol. The summed E-state index contributed by atoms with van der Waals surface area (Å²) in [6.45, 7) is 0. The molecule has 0 radical (unpaired) electrons. The average Bonchev–Trinajstić information content (AvgIpc) is 2.45. The number of terminal acetylenes is 1. The van der Waals surface area contributed by atoms with E-state index in [-0.39, 0.29) is 0 Å². The Bertz CT molecular complexity index is 666. The van der Waals surface area contributed by atoms with Crippen LogP contribution in [-0.2, 0) is 6.18 Å². The lowest BCUT2D eigenvalue weighted by Crippen LogP contribution is -2.04. The molecule has 2 aromatic rings. The van der Waals surface area contributed by atoms with Crippen LogP contribution in [-0.4, -0.2) is 7.11 Å². The van der Waals surface area contributed by atoms with Gasteiger partial charge in [-0.3, -0.25) is 0 Å². The first-order valence-corrected chi connectivity index (χ1v) is 5.78. The number of alkyl halides is 3. The zero-order valence-electron chi connectivity index (χ0n) is 10.7. The molecule has 2 aromatic carbocycles. The molecule has 0 fully saturated rings. The highest BCUT2D eigenvalue weighted by Gasteiger charge is 2.30. The highest BCUT2D eigenvalue weighted by Crippen LogP contribution is 2.33. The van der Waals surface area contributed by atoms with Crippen LogP contribution >= 0.6 is 0 Å². The maximum atomic E-state index is 12.7. The summed E-state index contributed by atoms with van der Waals surface area (Å²) in [6.07, 6.45) is 1.03. The van der Waals surface area contributed by atoms with Crippen LogP contribution in [0.25, 0.3) is 11.1 Å². The largest absolute Gasteiger partial charge is 0.497 e. The third kappa shape index (κ3) is 2.77. The molecule has 0 saturated carbocycles. The van der Waals surface area contributed by atoms with Gasteiger partial charge in [0.05, 0.1) is 12.7 Å². The Morgan fingerprint density at radius 1 is 1.10 bits per heavy atom. The Kier molecular flexibility index (Phi) is 3.71. The van der Waals surface area contributed by atoms with Gasteiger partial charge in [0.1, 0.15) is 5.75 Å². The van der Waals surface area contributed by atoms with Gasteiger partial charge in [0, 0.05) is 5.56 Å². The molecule has 0 aliphatic carbocycles. The maximum Gasteiger partial charge on any atom is 0.416 e. The quantitative estimate of drug-likeness (QED) is 0.740. The van der Waals surface area contributed by atoms with Crippen LogP contribution in [0.5, 0.6) is 5.75 Å². The minimum Gasteiger partial charge on any atom is -0.497 e. The first-order chi connectivity index (χ1) is 9.45. The standard InChI is InChI=1S/C16H11F3O/c1-3-11-10-14(20-2)7-8-15(11)12-5-4-6-13(9-12)16(17,18)19/h1,4-10H,2H3. The summed E-state index contributed by atoms with van der Waals surface area (Å²) in [5.41, 5.74) is 0.785. The number of rotatable bonds is 2. The molecule has 0 amide bonds. The number of halogens is 3. The zero-order chi connectivity index (χ0) is 14.8. The molecule has 4 heteroatoms. The second-order valence-corrected chi connectivity index (χ2v) is 4.13. The monoisotopic (exact) mass is 276 g/mol. The van der Waals surface area contributed by atoms with Gasteiger partial charge in [0.15, 0.2) is 0 Å². The summed E-state index contributed by atoms with van der Waals surface area (Å²) in [6, 6.07) is 10.0. The minimum absolute atomic E-state index is 0.426. The molecule has 0 bridgehead atoms. The molecule has 0 aromatic heterocycles. The maximum absolute atomic E-state index is 12.7. The molecule has 20 heavy (non-hydrogen) atoms. The van der Waals surface area contributed by atoms with E-state index in [1.807, 2.05) is 0 Å². The summed E-state index contributed by atoms with van der Waals surface area (Å²) in [7, 11) is 1.50. The fraction of sp³-hybridized carbons (Fsp3) is 0.125. The van der Waals surface area contributed by atoms with Crippen molar-refractivity contribution in [2.75, 3.05) is 7.11 Å². The van der Waals surface area contributed by atoms with E-state index in [9.17, 15) is 13.2 Å². The van der Waals surface area contributed by atoms with Crippen LogP contribution in [0.15, 0.2) is 42.5 Å². The fourth-order valence-corrected chi connectivity index (χ4v) is 1.88. The molecule has 0 unspecified atom stereocenters. The molecule has 0 aliphatic heterocycles.